The Morgan fingerprint density at radius 3 is 2.79 bits per heavy atom. The highest BCUT2D eigenvalue weighted by atomic mass is 32.2. The van der Waals surface area contributed by atoms with E-state index in [9.17, 15) is 0 Å². The Kier molecular flexibility index (Phi) is 4.47. The predicted octanol–water partition coefficient (Wildman–Crippen LogP) is 4.64. The van der Waals surface area contributed by atoms with Crippen LogP contribution in [-0.4, -0.2) is 34.4 Å². The van der Waals surface area contributed by atoms with E-state index in [-0.39, 0.29) is 5.60 Å². The number of thioether (sulfide) groups is 1. The van der Waals surface area contributed by atoms with E-state index in [1.807, 2.05) is 0 Å². The van der Waals surface area contributed by atoms with Crippen LogP contribution in [0.2, 0.25) is 0 Å². The van der Waals surface area contributed by atoms with Crippen molar-refractivity contribution in [2.45, 2.75) is 63.8 Å². The fraction of sp³-hybridized carbons (Fsp3) is 0.667. The molecule has 2 aromatic rings. The summed E-state index contributed by atoms with van der Waals surface area (Å²) in [5, 5.41) is 2.24. The first kappa shape index (κ1) is 16.6. The van der Waals surface area contributed by atoms with E-state index in [1.54, 1.807) is 23.1 Å². The number of hydrogen-bond acceptors (Lipinski definition) is 6. The minimum absolute atomic E-state index is 0.0983. The Hall–Kier alpha value is -0.850. The van der Waals surface area contributed by atoms with Crippen LogP contribution in [0.1, 0.15) is 50.5 Å². The van der Waals surface area contributed by atoms with E-state index in [1.165, 1.54) is 34.5 Å². The fourth-order valence-electron chi connectivity index (χ4n) is 3.52. The van der Waals surface area contributed by atoms with Gasteiger partial charge in [0.2, 0.25) is 0 Å². The lowest BCUT2D eigenvalue weighted by Crippen LogP contribution is -2.31. The van der Waals surface area contributed by atoms with E-state index >= 15 is 0 Å². The van der Waals surface area contributed by atoms with Gasteiger partial charge in [-0.25, -0.2) is 9.97 Å². The average Bonchev–Trinajstić information content (AvgIpc) is 3.19. The Morgan fingerprint density at radius 2 is 2.04 bits per heavy atom. The van der Waals surface area contributed by atoms with Gasteiger partial charge < -0.3 is 9.64 Å². The Morgan fingerprint density at radius 1 is 1.25 bits per heavy atom. The highest BCUT2D eigenvalue weighted by Gasteiger charge is 2.32. The van der Waals surface area contributed by atoms with Gasteiger partial charge in [-0.2, -0.15) is 0 Å². The normalized spacial score (nSPS) is 19.9. The molecule has 0 amide bonds. The quantitative estimate of drug-likeness (QED) is 0.584. The number of rotatable bonds is 4. The molecule has 4 rings (SSSR count). The zero-order chi connectivity index (χ0) is 16.7. The second kappa shape index (κ2) is 6.46. The average molecular weight is 364 g/mol. The third kappa shape index (κ3) is 3.04. The van der Waals surface area contributed by atoms with Gasteiger partial charge in [-0.3, -0.25) is 0 Å². The number of ether oxygens (including phenoxy) is 1. The maximum Gasteiger partial charge on any atom is 0.190 e. The second-order valence-electron chi connectivity index (χ2n) is 7.28. The molecule has 6 heteroatoms. The van der Waals surface area contributed by atoms with Crippen LogP contribution < -0.4 is 4.90 Å². The summed E-state index contributed by atoms with van der Waals surface area (Å²) in [6, 6.07) is 0. The van der Waals surface area contributed by atoms with Crippen LogP contribution in [0.3, 0.4) is 0 Å². The summed E-state index contributed by atoms with van der Waals surface area (Å²) in [5.74, 6) is 2.25. The van der Waals surface area contributed by atoms with Gasteiger partial charge in [-0.15, -0.1) is 11.3 Å². The molecule has 2 aromatic heterocycles. The van der Waals surface area contributed by atoms with Crippen molar-refractivity contribution < 1.29 is 4.74 Å². The highest BCUT2D eigenvalue weighted by molar-refractivity contribution is 7.99. The van der Waals surface area contributed by atoms with Crippen molar-refractivity contribution in [3.05, 3.63) is 10.4 Å². The van der Waals surface area contributed by atoms with Gasteiger partial charge in [0.05, 0.1) is 17.6 Å². The van der Waals surface area contributed by atoms with E-state index in [0.717, 1.165) is 41.7 Å². The molecule has 0 aromatic carbocycles. The maximum atomic E-state index is 6.03. The first-order valence-corrected chi connectivity index (χ1v) is 10.7. The molecule has 0 saturated carbocycles. The molecule has 0 unspecified atom stereocenters. The van der Waals surface area contributed by atoms with Crippen molar-refractivity contribution in [1.29, 1.82) is 0 Å². The summed E-state index contributed by atoms with van der Waals surface area (Å²) in [7, 11) is 0. The zero-order valence-electron chi connectivity index (χ0n) is 14.7. The van der Waals surface area contributed by atoms with E-state index < -0.39 is 0 Å². The van der Waals surface area contributed by atoms with Crippen molar-refractivity contribution in [2.24, 2.45) is 0 Å². The standard InChI is InChI=1S/C18H25N3OS2/c1-4-9-23-17-19-15(21-7-5-6-8-21)14-12-10-18(2,3)22-11-13(12)24-16(14)20-17/h4-11H2,1-3H3. The Balaban J connectivity index is 1.85. The van der Waals surface area contributed by atoms with Crippen LogP contribution in [0.5, 0.6) is 0 Å². The van der Waals surface area contributed by atoms with Gasteiger partial charge in [0.1, 0.15) is 10.6 Å². The summed E-state index contributed by atoms with van der Waals surface area (Å²) in [6.07, 6.45) is 4.63. The number of fused-ring (bicyclic) bond motifs is 3. The molecule has 2 aliphatic rings. The smallest absolute Gasteiger partial charge is 0.190 e. The Bertz CT molecular complexity index is 750. The van der Waals surface area contributed by atoms with E-state index in [0.29, 0.717) is 6.61 Å². The topological polar surface area (TPSA) is 38.2 Å². The lowest BCUT2D eigenvalue weighted by Gasteiger charge is -2.30. The molecule has 0 atom stereocenters. The zero-order valence-corrected chi connectivity index (χ0v) is 16.4. The van der Waals surface area contributed by atoms with Crippen LogP contribution in [0.25, 0.3) is 10.2 Å². The SMILES string of the molecule is CCCSc1nc(N2CCCC2)c2c3c(sc2n1)COC(C)(C)C3. The monoisotopic (exact) mass is 363 g/mol. The molecular weight excluding hydrogens is 338 g/mol. The molecule has 24 heavy (non-hydrogen) atoms. The molecule has 0 spiro atoms. The molecule has 4 heterocycles. The van der Waals surface area contributed by atoms with Crippen LogP contribution in [0.4, 0.5) is 5.82 Å². The summed E-state index contributed by atoms with van der Waals surface area (Å²) in [5.41, 5.74) is 1.33. The molecule has 0 bridgehead atoms. The molecule has 2 aliphatic heterocycles. The number of nitrogens with zero attached hydrogens (tertiary/aromatic N) is 3. The van der Waals surface area contributed by atoms with E-state index in [2.05, 4.69) is 25.7 Å². The van der Waals surface area contributed by atoms with Gasteiger partial charge in [-0.1, -0.05) is 18.7 Å². The van der Waals surface area contributed by atoms with Crippen LogP contribution >= 0.6 is 23.1 Å². The first-order chi connectivity index (χ1) is 11.6. The lowest BCUT2D eigenvalue weighted by molar-refractivity contribution is -0.0379. The molecule has 0 aliphatic carbocycles. The molecule has 0 N–H and O–H groups in total. The Labute approximate surface area is 152 Å². The van der Waals surface area contributed by atoms with Crippen LogP contribution in [0, 0.1) is 0 Å². The van der Waals surface area contributed by atoms with Gasteiger partial charge in [0, 0.05) is 30.1 Å². The fourth-order valence-corrected chi connectivity index (χ4v) is 5.37. The molecule has 130 valence electrons. The second-order valence-corrected chi connectivity index (χ2v) is 9.43. The highest BCUT2D eigenvalue weighted by Crippen LogP contribution is 2.43. The molecule has 1 saturated heterocycles. The van der Waals surface area contributed by atoms with Crippen molar-refractivity contribution in [3.8, 4) is 0 Å². The number of anilines is 1. The van der Waals surface area contributed by atoms with Gasteiger partial charge in [0.15, 0.2) is 5.16 Å². The predicted molar refractivity (Wildman–Crippen MR) is 102 cm³/mol. The third-order valence-corrected chi connectivity index (χ3v) is 6.88. The van der Waals surface area contributed by atoms with Crippen molar-refractivity contribution >= 4 is 39.1 Å². The molecule has 0 radical (unpaired) electrons. The lowest BCUT2D eigenvalue weighted by atomic mass is 9.94. The summed E-state index contributed by atoms with van der Waals surface area (Å²) >= 11 is 3.59. The van der Waals surface area contributed by atoms with Gasteiger partial charge in [0.25, 0.3) is 0 Å². The number of aromatic nitrogens is 2. The van der Waals surface area contributed by atoms with Crippen LogP contribution in [-0.2, 0) is 17.8 Å². The van der Waals surface area contributed by atoms with Crippen molar-refractivity contribution in [1.82, 2.24) is 9.97 Å². The summed E-state index contributed by atoms with van der Waals surface area (Å²) < 4.78 is 6.03. The van der Waals surface area contributed by atoms with Crippen LogP contribution in [0.15, 0.2) is 5.16 Å². The van der Waals surface area contributed by atoms with E-state index in [4.69, 9.17) is 14.7 Å². The summed E-state index contributed by atoms with van der Waals surface area (Å²) in [6.45, 7) is 9.52. The third-order valence-electron chi connectivity index (χ3n) is 4.73. The molecule has 1 fully saturated rings. The molecular formula is C18H25N3OS2. The van der Waals surface area contributed by atoms with Crippen molar-refractivity contribution in [3.63, 3.8) is 0 Å². The van der Waals surface area contributed by atoms with Gasteiger partial charge >= 0.3 is 0 Å². The number of hydrogen-bond donors (Lipinski definition) is 0. The van der Waals surface area contributed by atoms with Crippen molar-refractivity contribution in [2.75, 3.05) is 23.7 Å². The van der Waals surface area contributed by atoms with Gasteiger partial charge in [-0.05, 0) is 38.7 Å². The first-order valence-electron chi connectivity index (χ1n) is 8.91. The molecule has 4 nitrogen and oxygen atoms in total. The number of thiophene rings is 1. The minimum atomic E-state index is -0.0983. The largest absolute Gasteiger partial charge is 0.370 e. The maximum absolute atomic E-state index is 6.03. The minimum Gasteiger partial charge on any atom is -0.370 e. The summed E-state index contributed by atoms with van der Waals surface area (Å²) in [4.78, 5) is 14.8.